The summed E-state index contributed by atoms with van der Waals surface area (Å²) in [7, 11) is 0. The van der Waals surface area contributed by atoms with Crippen LogP contribution in [0, 0.1) is 0 Å². The molecule has 2 rings (SSSR count). The zero-order valence-electron chi connectivity index (χ0n) is 10.1. The van der Waals surface area contributed by atoms with E-state index in [-0.39, 0.29) is 18.1 Å². The van der Waals surface area contributed by atoms with E-state index < -0.39 is 5.91 Å². The van der Waals surface area contributed by atoms with Crippen molar-refractivity contribution >= 4 is 17.5 Å². The van der Waals surface area contributed by atoms with Crippen LogP contribution in [-0.2, 0) is 4.79 Å². The highest BCUT2D eigenvalue weighted by atomic mass is 16.2. The Balaban J connectivity index is 1.88. The quantitative estimate of drug-likeness (QED) is 0.789. The minimum Gasteiger partial charge on any atom is -0.397 e. The van der Waals surface area contributed by atoms with Gasteiger partial charge in [-0.2, -0.15) is 0 Å². The van der Waals surface area contributed by atoms with Crippen LogP contribution >= 0.6 is 0 Å². The van der Waals surface area contributed by atoms with Crippen molar-refractivity contribution < 1.29 is 9.59 Å². The predicted molar refractivity (Wildman–Crippen MR) is 66.8 cm³/mol. The monoisotopic (exact) mass is 248 g/mol. The van der Waals surface area contributed by atoms with E-state index in [1.165, 1.54) is 6.20 Å². The molecule has 0 spiro atoms. The lowest BCUT2D eigenvalue weighted by molar-refractivity contribution is -0.129. The first kappa shape index (κ1) is 12.3. The van der Waals surface area contributed by atoms with Crippen molar-refractivity contribution in [3.05, 3.63) is 24.0 Å². The molecule has 1 aliphatic rings. The smallest absolute Gasteiger partial charge is 0.272 e. The number of pyridine rings is 1. The normalized spacial score (nSPS) is 14.6. The topological polar surface area (TPSA) is 88.3 Å². The van der Waals surface area contributed by atoms with Crippen LogP contribution in [0.5, 0.6) is 0 Å². The summed E-state index contributed by atoms with van der Waals surface area (Å²) in [6.07, 6.45) is 3.56. The van der Waals surface area contributed by atoms with Gasteiger partial charge in [0.1, 0.15) is 0 Å². The molecule has 6 nitrogen and oxygen atoms in total. The van der Waals surface area contributed by atoms with E-state index in [4.69, 9.17) is 5.73 Å². The van der Waals surface area contributed by atoms with Gasteiger partial charge in [-0.25, -0.2) is 4.98 Å². The Morgan fingerprint density at radius 2 is 2.11 bits per heavy atom. The third kappa shape index (κ3) is 2.77. The van der Waals surface area contributed by atoms with Gasteiger partial charge < -0.3 is 16.0 Å². The van der Waals surface area contributed by atoms with E-state index in [0.717, 1.165) is 25.9 Å². The summed E-state index contributed by atoms with van der Waals surface area (Å²) in [4.78, 5) is 29.1. The first-order chi connectivity index (χ1) is 8.68. The van der Waals surface area contributed by atoms with Crippen LogP contribution in [0.3, 0.4) is 0 Å². The molecule has 0 aliphatic carbocycles. The molecule has 1 fully saturated rings. The minimum absolute atomic E-state index is 0.00511. The van der Waals surface area contributed by atoms with E-state index in [1.54, 1.807) is 17.0 Å². The average Bonchev–Trinajstić information content (AvgIpc) is 2.90. The molecular weight excluding hydrogens is 232 g/mol. The van der Waals surface area contributed by atoms with Gasteiger partial charge in [0.15, 0.2) is 5.69 Å². The van der Waals surface area contributed by atoms with Gasteiger partial charge in [0.05, 0.1) is 12.2 Å². The van der Waals surface area contributed by atoms with Crippen molar-refractivity contribution in [1.29, 1.82) is 0 Å². The van der Waals surface area contributed by atoms with Gasteiger partial charge in [-0.05, 0) is 25.0 Å². The Hall–Kier alpha value is -2.11. The highest BCUT2D eigenvalue weighted by Crippen LogP contribution is 2.08. The summed E-state index contributed by atoms with van der Waals surface area (Å²) in [5, 5.41) is 2.54. The largest absolute Gasteiger partial charge is 0.397 e. The molecule has 0 bridgehead atoms. The van der Waals surface area contributed by atoms with Crippen molar-refractivity contribution in [2.75, 3.05) is 25.4 Å². The van der Waals surface area contributed by atoms with Crippen LogP contribution in [0.1, 0.15) is 23.3 Å². The number of likely N-dealkylation sites (tertiary alicyclic amines) is 1. The first-order valence-electron chi connectivity index (χ1n) is 5.95. The van der Waals surface area contributed by atoms with Gasteiger partial charge in [-0.3, -0.25) is 9.59 Å². The van der Waals surface area contributed by atoms with E-state index in [2.05, 4.69) is 10.3 Å². The number of carbonyl (C=O) groups is 2. The van der Waals surface area contributed by atoms with Crippen molar-refractivity contribution in [2.24, 2.45) is 0 Å². The highest BCUT2D eigenvalue weighted by molar-refractivity contribution is 5.98. The molecule has 0 radical (unpaired) electrons. The summed E-state index contributed by atoms with van der Waals surface area (Å²) in [5.41, 5.74) is 6.10. The second kappa shape index (κ2) is 5.48. The summed E-state index contributed by atoms with van der Waals surface area (Å²) >= 11 is 0. The number of rotatable bonds is 3. The number of nitrogens with one attached hydrogen (secondary N) is 1. The number of nitrogens with two attached hydrogens (primary N) is 1. The number of nitrogens with zero attached hydrogens (tertiary/aromatic N) is 2. The second-order valence-corrected chi connectivity index (χ2v) is 4.21. The zero-order valence-corrected chi connectivity index (χ0v) is 10.1. The molecule has 1 aromatic rings. The van der Waals surface area contributed by atoms with Crippen LogP contribution in [-0.4, -0.2) is 41.3 Å². The SMILES string of the molecule is Nc1cccnc1C(=O)NCC(=O)N1CCCC1. The van der Waals surface area contributed by atoms with Crippen LogP contribution < -0.4 is 11.1 Å². The van der Waals surface area contributed by atoms with Gasteiger partial charge in [0.2, 0.25) is 5.91 Å². The maximum Gasteiger partial charge on any atom is 0.272 e. The molecule has 18 heavy (non-hydrogen) atoms. The van der Waals surface area contributed by atoms with Crippen LogP contribution in [0.2, 0.25) is 0 Å². The first-order valence-corrected chi connectivity index (χ1v) is 5.95. The molecule has 1 aliphatic heterocycles. The maximum absolute atomic E-state index is 11.8. The van der Waals surface area contributed by atoms with Crippen LogP contribution in [0.25, 0.3) is 0 Å². The third-order valence-electron chi connectivity index (χ3n) is 2.91. The van der Waals surface area contributed by atoms with Crippen molar-refractivity contribution in [2.45, 2.75) is 12.8 Å². The van der Waals surface area contributed by atoms with E-state index in [1.807, 2.05) is 0 Å². The van der Waals surface area contributed by atoms with Crippen molar-refractivity contribution in [1.82, 2.24) is 15.2 Å². The standard InChI is InChI=1S/C12H16N4O2/c13-9-4-3-5-14-11(9)12(18)15-8-10(17)16-6-1-2-7-16/h3-5H,1-2,6-8,13H2,(H,15,18). The van der Waals surface area contributed by atoms with Gasteiger partial charge in [-0.1, -0.05) is 0 Å². The van der Waals surface area contributed by atoms with Gasteiger partial charge in [0.25, 0.3) is 5.91 Å². The molecule has 0 saturated carbocycles. The summed E-state index contributed by atoms with van der Waals surface area (Å²) < 4.78 is 0. The number of carbonyl (C=O) groups excluding carboxylic acids is 2. The summed E-state index contributed by atoms with van der Waals surface area (Å²) in [6.45, 7) is 1.55. The molecule has 0 unspecified atom stereocenters. The number of aromatic nitrogens is 1. The lowest BCUT2D eigenvalue weighted by atomic mass is 10.3. The van der Waals surface area contributed by atoms with Crippen molar-refractivity contribution in [3.63, 3.8) is 0 Å². The Morgan fingerprint density at radius 1 is 1.39 bits per heavy atom. The summed E-state index contributed by atoms with van der Waals surface area (Å²) in [6, 6.07) is 3.26. The number of hydrogen-bond donors (Lipinski definition) is 2. The Labute approximate surface area is 105 Å². The Kier molecular flexibility index (Phi) is 3.76. The fourth-order valence-corrected chi connectivity index (χ4v) is 1.93. The number of nitrogen functional groups attached to an aromatic ring is 1. The fourth-order valence-electron chi connectivity index (χ4n) is 1.93. The molecule has 2 amide bonds. The Morgan fingerprint density at radius 3 is 2.78 bits per heavy atom. The minimum atomic E-state index is -0.416. The molecule has 0 atom stereocenters. The highest BCUT2D eigenvalue weighted by Gasteiger charge is 2.19. The summed E-state index contributed by atoms with van der Waals surface area (Å²) in [5.74, 6) is -0.476. The lowest BCUT2D eigenvalue weighted by Gasteiger charge is -2.15. The van der Waals surface area contributed by atoms with Crippen molar-refractivity contribution in [3.8, 4) is 0 Å². The molecule has 1 saturated heterocycles. The molecule has 96 valence electrons. The third-order valence-corrected chi connectivity index (χ3v) is 2.91. The maximum atomic E-state index is 11.8. The van der Waals surface area contributed by atoms with E-state index >= 15 is 0 Å². The second-order valence-electron chi connectivity index (χ2n) is 4.21. The number of hydrogen-bond acceptors (Lipinski definition) is 4. The molecule has 6 heteroatoms. The fraction of sp³-hybridized carbons (Fsp3) is 0.417. The average molecular weight is 248 g/mol. The molecule has 1 aromatic heterocycles. The van der Waals surface area contributed by atoms with E-state index in [0.29, 0.717) is 5.69 Å². The van der Waals surface area contributed by atoms with Crippen LogP contribution in [0.15, 0.2) is 18.3 Å². The molecule has 3 N–H and O–H groups in total. The molecular formula is C12H16N4O2. The lowest BCUT2D eigenvalue weighted by Crippen LogP contribution is -2.39. The zero-order chi connectivity index (χ0) is 13.0. The molecule has 0 aromatic carbocycles. The number of amides is 2. The Bertz CT molecular complexity index is 455. The molecule has 2 heterocycles. The van der Waals surface area contributed by atoms with E-state index in [9.17, 15) is 9.59 Å². The van der Waals surface area contributed by atoms with Gasteiger partial charge in [-0.15, -0.1) is 0 Å². The number of anilines is 1. The van der Waals surface area contributed by atoms with Gasteiger partial charge in [0, 0.05) is 19.3 Å². The predicted octanol–water partition coefficient (Wildman–Crippen LogP) is 0.0160. The van der Waals surface area contributed by atoms with Gasteiger partial charge >= 0.3 is 0 Å². The van der Waals surface area contributed by atoms with Crippen LogP contribution in [0.4, 0.5) is 5.69 Å².